The molecule has 2 aromatic rings. The second-order valence-corrected chi connectivity index (χ2v) is 4.80. The van der Waals surface area contributed by atoms with Gasteiger partial charge in [0.1, 0.15) is 35.3 Å². The van der Waals surface area contributed by atoms with Gasteiger partial charge in [-0.1, -0.05) is 15.9 Å². The molecule has 0 aliphatic rings. The van der Waals surface area contributed by atoms with E-state index in [1.807, 2.05) is 0 Å². The lowest BCUT2D eigenvalue weighted by molar-refractivity contribution is 0.0695. The molecule has 1 N–H and O–H groups in total. The first-order valence-electron chi connectivity index (χ1n) is 5.37. The summed E-state index contributed by atoms with van der Waals surface area (Å²) in [4.78, 5) is 10.8. The zero-order valence-corrected chi connectivity index (χ0v) is 11.5. The van der Waals surface area contributed by atoms with Crippen molar-refractivity contribution in [2.75, 3.05) is 0 Å². The van der Waals surface area contributed by atoms with Crippen LogP contribution in [0.1, 0.15) is 21.9 Å². The standard InChI is InChI=1S/C13H10BrFO4/c1-7-12(13(16)17)5-11(19-7)6-18-10-3-8(14)2-9(15)4-10/h2-5H,6H2,1H3,(H,16,17). The van der Waals surface area contributed by atoms with Crippen LogP contribution < -0.4 is 4.74 Å². The Bertz CT molecular complexity index is 601. The molecule has 1 aromatic carbocycles. The van der Waals surface area contributed by atoms with Crippen LogP contribution in [-0.2, 0) is 6.61 Å². The van der Waals surface area contributed by atoms with Gasteiger partial charge in [0.05, 0.1) is 0 Å². The Morgan fingerprint density at radius 3 is 2.74 bits per heavy atom. The number of aromatic carboxylic acids is 1. The maximum absolute atomic E-state index is 13.1. The van der Waals surface area contributed by atoms with Crippen LogP contribution in [0.3, 0.4) is 0 Å². The molecule has 0 saturated carbocycles. The fourth-order valence-corrected chi connectivity index (χ4v) is 2.04. The second-order valence-electron chi connectivity index (χ2n) is 3.88. The second kappa shape index (κ2) is 5.44. The van der Waals surface area contributed by atoms with E-state index < -0.39 is 11.8 Å². The smallest absolute Gasteiger partial charge is 0.339 e. The fourth-order valence-electron chi connectivity index (χ4n) is 1.59. The van der Waals surface area contributed by atoms with Gasteiger partial charge in [-0.2, -0.15) is 0 Å². The first kappa shape index (κ1) is 13.6. The van der Waals surface area contributed by atoms with Gasteiger partial charge in [-0.05, 0) is 25.1 Å². The number of hydrogen-bond donors (Lipinski definition) is 1. The monoisotopic (exact) mass is 328 g/mol. The largest absolute Gasteiger partial charge is 0.486 e. The van der Waals surface area contributed by atoms with Crippen molar-refractivity contribution in [1.82, 2.24) is 0 Å². The SMILES string of the molecule is Cc1oc(COc2cc(F)cc(Br)c2)cc1C(=O)O. The molecular weight excluding hydrogens is 319 g/mol. The molecule has 0 aliphatic carbocycles. The van der Waals surface area contributed by atoms with Crippen molar-refractivity contribution in [2.24, 2.45) is 0 Å². The summed E-state index contributed by atoms with van der Waals surface area (Å²) in [5.74, 6) is -0.466. The molecule has 0 fully saturated rings. The van der Waals surface area contributed by atoms with E-state index >= 15 is 0 Å². The molecule has 4 nitrogen and oxygen atoms in total. The molecule has 0 aliphatic heterocycles. The predicted molar refractivity (Wildman–Crippen MR) is 68.8 cm³/mol. The third-order valence-corrected chi connectivity index (χ3v) is 2.87. The Balaban J connectivity index is 2.10. The van der Waals surface area contributed by atoms with Crippen molar-refractivity contribution >= 4 is 21.9 Å². The number of carbonyl (C=O) groups is 1. The van der Waals surface area contributed by atoms with Crippen LogP contribution in [-0.4, -0.2) is 11.1 Å². The Hall–Kier alpha value is -1.82. The summed E-state index contributed by atoms with van der Waals surface area (Å²) in [6, 6.07) is 5.55. The molecule has 0 spiro atoms. The molecule has 0 saturated heterocycles. The van der Waals surface area contributed by atoms with E-state index in [1.165, 1.54) is 18.2 Å². The first-order valence-corrected chi connectivity index (χ1v) is 6.16. The number of carboxylic acids is 1. The Morgan fingerprint density at radius 2 is 2.16 bits per heavy atom. The molecule has 19 heavy (non-hydrogen) atoms. The number of carboxylic acid groups (broad SMARTS) is 1. The van der Waals surface area contributed by atoms with E-state index in [2.05, 4.69) is 15.9 Å². The summed E-state index contributed by atoms with van der Waals surface area (Å²) >= 11 is 3.15. The lowest BCUT2D eigenvalue weighted by atomic mass is 10.2. The molecule has 0 bridgehead atoms. The fraction of sp³-hybridized carbons (Fsp3) is 0.154. The van der Waals surface area contributed by atoms with Crippen molar-refractivity contribution in [1.29, 1.82) is 0 Å². The summed E-state index contributed by atoms with van der Waals surface area (Å²) in [7, 11) is 0. The third kappa shape index (κ3) is 3.35. The molecule has 0 radical (unpaired) electrons. The normalized spacial score (nSPS) is 10.5. The molecular formula is C13H10BrFO4. The van der Waals surface area contributed by atoms with Gasteiger partial charge in [-0.25, -0.2) is 9.18 Å². The van der Waals surface area contributed by atoms with Gasteiger partial charge in [-0.15, -0.1) is 0 Å². The zero-order valence-electron chi connectivity index (χ0n) is 9.94. The highest BCUT2D eigenvalue weighted by atomic mass is 79.9. The van der Waals surface area contributed by atoms with Gasteiger partial charge < -0.3 is 14.3 Å². The highest BCUT2D eigenvalue weighted by molar-refractivity contribution is 9.10. The van der Waals surface area contributed by atoms with E-state index in [0.717, 1.165) is 0 Å². The molecule has 2 rings (SSSR count). The van der Waals surface area contributed by atoms with Crippen molar-refractivity contribution < 1.29 is 23.4 Å². The summed E-state index contributed by atoms with van der Waals surface area (Å²) in [6.45, 7) is 1.59. The van der Waals surface area contributed by atoms with Gasteiger partial charge in [0.15, 0.2) is 0 Å². The Kier molecular flexibility index (Phi) is 3.90. The Labute approximate surface area is 116 Å². The van der Waals surface area contributed by atoms with Crippen LogP contribution in [0, 0.1) is 12.7 Å². The topological polar surface area (TPSA) is 59.7 Å². The molecule has 1 aromatic heterocycles. The molecule has 1 heterocycles. The summed E-state index contributed by atoms with van der Waals surface area (Å²) < 4.78 is 24.3. The molecule has 0 amide bonds. The van der Waals surface area contributed by atoms with Crippen molar-refractivity contribution in [2.45, 2.75) is 13.5 Å². The van der Waals surface area contributed by atoms with E-state index in [1.54, 1.807) is 13.0 Å². The number of rotatable bonds is 4. The van der Waals surface area contributed by atoms with E-state index in [0.29, 0.717) is 21.7 Å². The predicted octanol–water partition coefficient (Wildman–Crippen LogP) is 3.77. The minimum Gasteiger partial charge on any atom is -0.486 e. The average molecular weight is 329 g/mol. The number of benzene rings is 1. The first-order chi connectivity index (χ1) is 8.95. The lowest BCUT2D eigenvalue weighted by Gasteiger charge is -2.04. The van der Waals surface area contributed by atoms with Gasteiger partial charge in [0.2, 0.25) is 0 Å². The molecule has 6 heteroatoms. The summed E-state index contributed by atoms with van der Waals surface area (Å²) in [6.07, 6.45) is 0. The zero-order chi connectivity index (χ0) is 14.0. The lowest BCUT2D eigenvalue weighted by Crippen LogP contribution is -1.96. The molecule has 100 valence electrons. The van der Waals surface area contributed by atoms with E-state index in [4.69, 9.17) is 14.3 Å². The van der Waals surface area contributed by atoms with Crippen LogP contribution in [0.15, 0.2) is 33.2 Å². The summed E-state index contributed by atoms with van der Waals surface area (Å²) in [5.41, 5.74) is 0.0963. The third-order valence-electron chi connectivity index (χ3n) is 2.42. The maximum atomic E-state index is 13.1. The number of halogens is 2. The van der Waals surface area contributed by atoms with Crippen LogP contribution in [0.2, 0.25) is 0 Å². The minimum atomic E-state index is -1.05. The number of furan rings is 1. The minimum absolute atomic E-state index is 0.0318. The van der Waals surface area contributed by atoms with E-state index in [-0.39, 0.29) is 12.2 Å². The highest BCUT2D eigenvalue weighted by Gasteiger charge is 2.14. The number of ether oxygens (including phenoxy) is 1. The van der Waals surface area contributed by atoms with Crippen molar-refractivity contribution in [3.8, 4) is 5.75 Å². The van der Waals surface area contributed by atoms with Gasteiger partial charge >= 0.3 is 5.97 Å². The molecule has 0 atom stereocenters. The number of aryl methyl sites for hydroxylation is 1. The van der Waals surface area contributed by atoms with E-state index in [9.17, 15) is 9.18 Å². The quantitative estimate of drug-likeness (QED) is 0.928. The van der Waals surface area contributed by atoms with Crippen LogP contribution >= 0.6 is 15.9 Å². The van der Waals surface area contributed by atoms with Crippen LogP contribution in [0.4, 0.5) is 4.39 Å². The van der Waals surface area contributed by atoms with Gasteiger partial charge in [-0.3, -0.25) is 0 Å². The van der Waals surface area contributed by atoms with Crippen molar-refractivity contribution in [3.63, 3.8) is 0 Å². The van der Waals surface area contributed by atoms with Crippen LogP contribution in [0.25, 0.3) is 0 Å². The van der Waals surface area contributed by atoms with Gasteiger partial charge in [0.25, 0.3) is 0 Å². The molecule has 0 unspecified atom stereocenters. The average Bonchev–Trinajstić information content (AvgIpc) is 2.67. The number of hydrogen-bond acceptors (Lipinski definition) is 3. The maximum Gasteiger partial charge on any atom is 0.339 e. The highest BCUT2D eigenvalue weighted by Crippen LogP contribution is 2.22. The van der Waals surface area contributed by atoms with Crippen molar-refractivity contribution in [3.05, 3.63) is 51.6 Å². The Morgan fingerprint density at radius 1 is 1.42 bits per heavy atom. The van der Waals surface area contributed by atoms with Crippen LogP contribution in [0.5, 0.6) is 5.75 Å². The summed E-state index contributed by atoms with van der Waals surface area (Å²) in [5, 5.41) is 8.88. The van der Waals surface area contributed by atoms with Gasteiger partial charge in [0, 0.05) is 10.5 Å².